The summed E-state index contributed by atoms with van der Waals surface area (Å²) in [6, 6.07) is 6.01. The number of rotatable bonds is 6. The first-order valence-electron chi connectivity index (χ1n) is 9.88. The van der Waals surface area contributed by atoms with Crippen LogP contribution in [0.5, 0.6) is 0 Å². The van der Waals surface area contributed by atoms with E-state index in [0.29, 0.717) is 11.3 Å². The van der Waals surface area contributed by atoms with Gasteiger partial charge in [0, 0.05) is 5.69 Å². The van der Waals surface area contributed by atoms with Gasteiger partial charge in [0.25, 0.3) is 5.91 Å². The van der Waals surface area contributed by atoms with Crippen LogP contribution in [-0.2, 0) is 28.7 Å². The highest BCUT2D eigenvalue weighted by molar-refractivity contribution is 6.08. The molecule has 2 bridgehead atoms. The molecule has 158 valence electrons. The Bertz CT molecular complexity index is 882. The predicted octanol–water partition coefficient (Wildman–Crippen LogP) is 0.986. The molecule has 2 saturated carbocycles. The minimum Gasteiger partial charge on any atom is -0.465 e. The van der Waals surface area contributed by atoms with Crippen molar-refractivity contribution in [3.05, 3.63) is 29.8 Å². The highest BCUT2D eigenvalue weighted by atomic mass is 16.5. The maximum absolute atomic E-state index is 12.6. The standard InChI is InChI=1S/C21H22N2O7/c1-29-21(28)11-4-6-14(7-5-11)22-15(24)10-30-16(25)9-23-19(26)17-12-2-3-13(8-12)18(17)20(23)27/h4-7,12-13,17-18H,2-3,8-10H2,1H3,(H,22,24)/t12-,13+,17-,18-/m0/s1. The van der Waals surface area contributed by atoms with Crippen molar-refractivity contribution in [2.45, 2.75) is 19.3 Å². The highest BCUT2D eigenvalue weighted by Gasteiger charge is 2.61. The van der Waals surface area contributed by atoms with Gasteiger partial charge < -0.3 is 14.8 Å². The summed E-state index contributed by atoms with van der Waals surface area (Å²) < 4.78 is 9.53. The molecule has 1 N–H and O–H groups in total. The summed E-state index contributed by atoms with van der Waals surface area (Å²) >= 11 is 0. The van der Waals surface area contributed by atoms with Crippen LogP contribution >= 0.6 is 0 Å². The number of methoxy groups -OCH3 is 1. The summed E-state index contributed by atoms with van der Waals surface area (Å²) in [6.45, 7) is -1.02. The van der Waals surface area contributed by atoms with Crippen molar-refractivity contribution in [1.82, 2.24) is 4.90 Å². The molecule has 1 saturated heterocycles. The monoisotopic (exact) mass is 414 g/mol. The van der Waals surface area contributed by atoms with Gasteiger partial charge in [-0.2, -0.15) is 0 Å². The maximum atomic E-state index is 12.6. The molecule has 4 rings (SSSR count). The van der Waals surface area contributed by atoms with Crippen molar-refractivity contribution in [3.63, 3.8) is 0 Å². The number of anilines is 1. The first-order valence-corrected chi connectivity index (χ1v) is 9.88. The van der Waals surface area contributed by atoms with Crippen molar-refractivity contribution >= 4 is 35.3 Å². The Kier molecular flexibility index (Phi) is 5.27. The summed E-state index contributed by atoms with van der Waals surface area (Å²) in [5, 5.41) is 2.53. The number of ether oxygens (including phenoxy) is 2. The van der Waals surface area contributed by atoms with Gasteiger partial charge in [-0.15, -0.1) is 0 Å². The Morgan fingerprint density at radius 2 is 1.63 bits per heavy atom. The molecule has 30 heavy (non-hydrogen) atoms. The van der Waals surface area contributed by atoms with Gasteiger partial charge in [-0.3, -0.25) is 24.1 Å². The SMILES string of the molecule is COC(=O)c1ccc(NC(=O)COC(=O)CN2C(=O)[C@H]3[C@@H]4CC[C@@H](C4)[C@@H]3C2=O)cc1. The van der Waals surface area contributed by atoms with Crippen LogP contribution in [0.3, 0.4) is 0 Å². The molecule has 2 aliphatic carbocycles. The fourth-order valence-corrected chi connectivity index (χ4v) is 4.95. The van der Waals surface area contributed by atoms with Crippen LogP contribution in [0.2, 0.25) is 0 Å². The average molecular weight is 414 g/mol. The molecule has 3 fully saturated rings. The lowest BCUT2D eigenvalue weighted by Crippen LogP contribution is -2.38. The number of esters is 2. The summed E-state index contributed by atoms with van der Waals surface area (Å²) in [5.74, 6) is -2.55. The molecule has 0 unspecified atom stereocenters. The molecule has 0 aromatic heterocycles. The Morgan fingerprint density at radius 3 is 2.20 bits per heavy atom. The number of nitrogens with one attached hydrogen (secondary N) is 1. The van der Waals surface area contributed by atoms with Crippen LogP contribution in [-0.4, -0.2) is 54.8 Å². The summed E-state index contributed by atoms with van der Waals surface area (Å²) in [5.41, 5.74) is 0.747. The fourth-order valence-electron chi connectivity index (χ4n) is 4.95. The number of likely N-dealkylation sites (tertiary alicyclic amines) is 1. The number of amides is 3. The molecule has 1 aliphatic heterocycles. The van der Waals surface area contributed by atoms with Gasteiger partial charge in [0.15, 0.2) is 6.61 Å². The lowest BCUT2D eigenvalue weighted by Gasteiger charge is -2.19. The van der Waals surface area contributed by atoms with E-state index in [-0.39, 0.29) is 35.5 Å². The average Bonchev–Trinajstić information content (AvgIpc) is 3.42. The lowest BCUT2D eigenvalue weighted by molar-refractivity contribution is -0.154. The topological polar surface area (TPSA) is 119 Å². The second-order valence-corrected chi connectivity index (χ2v) is 7.93. The third kappa shape index (κ3) is 3.55. The quantitative estimate of drug-likeness (QED) is 0.544. The molecule has 0 radical (unpaired) electrons. The molecule has 9 nitrogen and oxygen atoms in total. The largest absolute Gasteiger partial charge is 0.465 e. The highest BCUT2D eigenvalue weighted by Crippen LogP contribution is 2.56. The number of imide groups is 1. The number of carbonyl (C=O) groups excluding carboxylic acids is 5. The smallest absolute Gasteiger partial charge is 0.337 e. The van der Waals surface area contributed by atoms with Gasteiger partial charge in [0.05, 0.1) is 24.5 Å². The Morgan fingerprint density at radius 1 is 1.03 bits per heavy atom. The number of nitrogens with zero attached hydrogens (tertiary/aromatic N) is 1. The summed E-state index contributed by atoms with van der Waals surface area (Å²) in [4.78, 5) is 61.6. The van der Waals surface area contributed by atoms with Crippen molar-refractivity contribution in [2.24, 2.45) is 23.7 Å². The zero-order valence-electron chi connectivity index (χ0n) is 16.5. The fraction of sp³-hybridized carbons (Fsp3) is 0.476. The number of carbonyl (C=O) groups is 5. The normalized spacial score (nSPS) is 26.5. The van der Waals surface area contributed by atoms with Crippen LogP contribution in [0.4, 0.5) is 5.69 Å². The Hall–Kier alpha value is -3.23. The van der Waals surface area contributed by atoms with Crippen LogP contribution in [0.25, 0.3) is 0 Å². The first-order chi connectivity index (χ1) is 14.4. The van der Waals surface area contributed by atoms with Crippen molar-refractivity contribution in [2.75, 3.05) is 25.6 Å². The molecule has 1 aromatic rings. The van der Waals surface area contributed by atoms with Gasteiger partial charge in [0.1, 0.15) is 6.54 Å². The number of hydrogen-bond donors (Lipinski definition) is 1. The third-order valence-corrected chi connectivity index (χ3v) is 6.26. The van der Waals surface area contributed by atoms with Crippen LogP contribution in [0.1, 0.15) is 29.6 Å². The van der Waals surface area contributed by atoms with Crippen LogP contribution in [0.15, 0.2) is 24.3 Å². The van der Waals surface area contributed by atoms with Crippen molar-refractivity contribution in [3.8, 4) is 0 Å². The predicted molar refractivity (Wildman–Crippen MR) is 102 cm³/mol. The van der Waals surface area contributed by atoms with E-state index in [9.17, 15) is 24.0 Å². The zero-order valence-corrected chi connectivity index (χ0v) is 16.5. The van der Waals surface area contributed by atoms with E-state index in [1.165, 1.54) is 31.4 Å². The van der Waals surface area contributed by atoms with Gasteiger partial charge in [0.2, 0.25) is 11.8 Å². The third-order valence-electron chi connectivity index (χ3n) is 6.26. The van der Waals surface area contributed by atoms with Crippen molar-refractivity contribution < 1.29 is 33.4 Å². The van der Waals surface area contributed by atoms with E-state index < -0.39 is 31.0 Å². The van der Waals surface area contributed by atoms with Gasteiger partial charge in [-0.25, -0.2) is 4.79 Å². The molecule has 9 heteroatoms. The molecule has 1 heterocycles. The van der Waals surface area contributed by atoms with E-state index in [1.54, 1.807) is 0 Å². The molecule has 0 spiro atoms. The molecule has 1 aromatic carbocycles. The molecular weight excluding hydrogens is 392 g/mol. The Labute approximate surface area is 172 Å². The van der Waals surface area contributed by atoms with E-state index in [2.05, 4.69) is 10.1 Å². The Balaban J connectivity index is 1.26. The van der Waals surface area contributed by atoms with E-state index in [1.807, 2.05) is 0 Å². The minimum atomic E-state index is -0.805. The number of hydrogen-bond acceptors (Lipinski definition) is 7. The minimum absolute atomic E-state index is 0.244. The second-order valence-electron chi connectivity index (χ2n) is 7.93. The molecule has 3 amide bonds. The van der Waals surface area contributed by atoms with E-state index in [4.69, 9.17) is 4.74 Å². The van der Waals surface area contributed by atoms with E-state index >= 15 is 0 Å². The number of fused-ring (bicyclic) bond motifs is 5. The first kappa shape index (κ1) is 20.1. The molecule has 4 atom stereocenters. The van der Waals surface area contributed by atoms with Crippen LogP contribution < -0.4 is 5.32 Å². The van der Waals surface area contributed by atoms with Crippen LogP contribution in [0, 0.1) is 23.7 Å². The van der Waals surface area contributed by atoms with Gasteiger partial charge in [-0.1, -0.05) is 0 Å². The van der Waals surface area contributed by atoms with Crippen molar-refractivity contribution in [1.29, 1.82) is 0 Å². The summed E-state index contributed by atoms with van der Waals surface area (Å²) in [6.07, 6.45) is 2.85. The molecule has 3 aliphatic rings. The second kappa shape index (κ2) is 7.89. The van der Waals surface area contributed by atoms with Gasteiger partial charge >= 0.3 is 11.9 Å². The summed E-state index contributed by atoms with van der Waals surface area (Å²) in [7, 11) is 1.27. The molecular formula is C21H22N2O7. The zero-order chi connectivity index (χ0) is 21.4. The number of benzene rings is 1. The lowest BCUT2D eigenvalue weighted by atomic mass is 9.81. The van der Waals surface area contributed by atoms with E-state index in [0.717, 1.165) is 24.2 Å². The maximum Gasteiger partial charge on any atom is 0.337 e. The van der Waals surface area contributed by atoms with Gasteiger partial charge in [-0.05, 0) is 55.4 Å².